The molecular weight excluding hydrogens is 294 g/mol. The molecule has 2 aromatic rings. The number of hydrogen-bond acceptors (Lipinski definition) is 3. The Morgan fingerprint density at radius 1 is 1.33 bits per heavy atom. The normalized spacial score (nSPS) is 10.3. The van der Waals surface area contributed by atoms with Crippen molar-refractivity contribution in [3.63, 3.8) is 0 Å². The van der Waals surface area contributed by atoms with E-state index in [1.165, 1.54) is 0 Å². The number of para-hydroxylation sites is 1. The number of rotatable bonds is 6. The van der Waals surface area contributed by atoms with Gasteiger partial charge in [0.15, 0.2) is 0 Å². The quantitative estimate of drug-likeness (QED) is 0.859. The second-order valence-corrected chi connectivity index (χ2v) is 4.81. The average Bonchev–Trinajstić information content (AvgIpc) is 2.92. The molecule has 110 valence electrons. The van der Waals surface area contributed by atoms with E-state index < -0.39 is 5.97 Å². The number of nitrogens with one attached hydrogen (secondary N) is 1. The summed E-state index contributed by atoms with van der Waals surface area (Å²) in [6.45, 7) is 0. The maximum absolute atomic E-state index is 11.9. The van der Waals surface area contributed by atoms with E-state index >= 15 is 0 Å². The number of imidazole rings is 1. The molecule has 1 aromatic carbocycles. The Bertz CT molecular complexity index is 641. The molecule has 0 aliphatic rings. The molecule has 21 heavy (non-hydrogen) atoms. The fraction of sp³-hybridized carbons (Fsp3) is 0.214. The van der Waals surface area contributed by atoms with Crippen LogP contribution in [0.4, 0.5) is 5.69 Å². The summed E-state index contributed by atoms with van der Waals surface area (Å²) in [4.78, 5) is 26.2. The third kappa shape index (κ3) is 4.06. The van der Waals surface area contributed by atoms with Crippen LogP contribution in [0.1, 0.15) is 19.3 Å². The number of anilines is 1. The Morgan fingerprint density at radius 3 is 2.81 bits per heavy atom. The predicted molar refractivity (Wildman–Crippen MR) is 78.7 cm³/mol. The molecule has 1 amide bonds. The third-order valence-electron chi connectivity index (χ3n) is 2.82. The molecule has 0 bridgehead atoms. The highest BCUT2D eigenvalue weighted by atomic mass is 35.5. The van der Waals surface area contributed by atoms with E-state index in [0.717, 1.165) is 0 Å². The summed E-state index contributed by atoms with van der Waals surface area (Å²) in [7, 11) is 0. The van der Waals surface area contributed by atoms with Crippen LogP contribution in [0.25, 0.3) is 5.69 Å². The van der Waals surface area contributed by atoms with Crippen LogP contribution >= 0.6 is 11.6 Å². The second-order valence-electron chi connectivity index (χ2n) is 4.40. The van der Waals surface area contributed by atoms with E-state index in [2.05, 4.69) is 10.3 Å². The minimum atomic E-state index is -0.912. The highest BCUT2D eigenvalue weighted by Gasteiger charge is 2.12. The molecular formula is C14H14ClN3O3. The van der Waals surface area contributed by atoms with Gasteiger partial charge in [-0.15, -0.1) is 0 Å². The van der Waals surface area contributed by atoms with Gasteiger partial charge in [0.2, 0.25) is 5.91 Å². The third-order valence-corrected chi connectivity index (χ3v) is 3.12. The highest BCUT2D eigenvalue weighted by molar-refractivity contribution is 6.33. The van der Waals surface area contributed by atoms with Gasteiger partial charge in [0.1, 0.15) is 0 Å². The lowest BCUT2D eigenvalue weighted by atomic mass is 10.2. The number of amides is 1. The lowest BCUT2D eigenvalue weighted by Crippen LogP contribution is -2.13. The zero-order chi connectivity index (χ0) is 15.2. The number of halogens is 1. The van der Waals surface area contributed by atoms with Crippen LogP contribution in [0.15, 0.2) is 36.9 Å². The van der Waals surface area contributed by atoms with E-state index in [9.17, 15) is 9.59 Å². The number of hydrogen-bond donors (Lipinski definition) is 2. The van der Waals surface area contributed by atoms with Crippen molar-refractivity contribution in [3.05, 3.63) is 41.9 Å². The minimum Gasteiger partial charge on any atom is -0.481 e. The first-order valence-corrected chi connectivity index (χ1v) is 6.74. The van der Waals surface area contributed by atoms with Gasteiger partial charge in [-0.05, 0) is 18.6 Å². The summed E-state index contributed by atoms with van der Waals surface area (Å²) in [5.74, 6) is -1.16. The molecule has 1 aromatic heterocycles. The molecule has 0 spiro atoms. The Balaban J connectivity index is 2.12. The number of carboxylic acids is 1. The Labute approximate surface area is 126 Å². The zero-order valence-electron chi connectivity index (χ0n) is 11.1. The van der Waals surface area contributed by atoms with Crippen LogP contribution < -0.4 is 5.32 Å². The molecule has 0 aliphatic carbocycles. The molecule has 0 atom stereocenters. The number of aromatic nitrogens is 2. The molecule has 0 radical (unpaired) electrons. The van der Waals surface area contributed by atoms with Crippen molar-refractivity contribution < 1.29 is 14.7 Å². The topological polar surface area (TPSA) is 84.2 Å². The van der Waals surface area contributed by atoms with Gasteiger partial charge >= 0.3 is 5.97 Å². The van der Waals surface area contributed by atoms with Crippen molar-refractivity contribution in [2.24, 2.45) is 0 Å². The molecule has 0 saturated carbocycles. The Hall–Kier alpha value is -2.34. The van der Waals surface area contributed by atoms with Crippen molar-refractivity contribution in [1.29, 1.82) is 0 Å². The van der Waals surface area contributed by atoms with Gasteiger partial charge in [-0.1, -0.05) is 17.7 Å². The van der Waals surface area contributed by atoms with Gasteiger partial charge in [-0.2, -0.15) is 0 Å². The van der Waals surface area contributed by atoms with Crippen molar-refractivity contribution in [2.45, 2.75) is 19.3 Å². The second kappa shape index (κ2) is 6.90. The Morgan fingerprint density at radius 2 is 2.14 bits per heavy atom. The first-order valence-electron chi connectivity index (χ1n) is 6.36. The monoisotopic (exact) mass is 307 g/mol. The van der Waals surface area contributed by atoms with Gasteiger partial charge in [0.25, 0.3) is 0 Å². The SMILES string of the molecule is O=C(O)CCCC(=O)Nc1cccc(Cl)c1-n1ccnc1. The number of carbonyl (C=O) groups is 2. The number of aliphatic carboxylic acids is 1. The van der Waals surface area contributed by atoms with Gasteiger partial charge in [0, 0.05) is 25.2 Å². The number of carboxylic acid groups (broad SMARTS) is 1. The average molecular weight is 308 g/mol. The van der Waals surface area contributed by atoms with Crippen molar-refractivity contribution in [1.82, 2.24) is 9.55 Å². The summed E-state index contributed by atoms with van der Waals surface area (Å²) < 4.78 is 1.70. The fourth-order valence-corrected chi connectivity index (χ4v) is 2.16. The van der Waals surface area contributed by atoms with Crippen LogP contribution in [0.2, 0.25) is 5.02 Å². The van der Waals surface area contributed by atoms with Crippen LogP contribution in [0.3, 0.4) is 0 Å². The molecule has 0 fully saturated rings. The lowest BCUT2D eigenvalue weighted by Gasteiger charge is -2.13. The van der Waals surface area contributed by atoms with Crippen molar-refractivity contribution in [3.8, 4) is 5.69 Å². The first kappa shape index (κ1) is 15.1. The van der Waals surface area contributed by atoms with Crippen LogP contribution in [-0.4, -0.2) is 26.5 Å². The predicted octanol–water partition coefficient (Wildman–Crippen LogP) is 2.72. The summed E-state index contributed by atoms with van der Waals surface area (Å²) in [5.41, 5.74) is 1.18. The number of carbonyl (C=O) groups excluding carboxylic acids is 1. The van der Waals surface area contributed by atoms with E-state index in [1.54, 1.807) is 41.5 Å². The lowest BCUT2D eigenvalue weighted by molar-refractivity contribution is -0.137. The first-order chi connectivity index (χ1) is 10.1. The van der Waals surface area contributed by atoms with Crippen LogP contribution in [0.5, 0.6) is 0 Å². The van der Waals surface area contributed by atoms with Crippen molar-refractivity contribution >= 4 is 29.2 Å². The van der Waals surface area contributed by atoms with Gasteiger partial charge in [-0.3, -0.25) is 9.59 Å². The molecule has 0 unspecified atom stereocenters. The van der Waals surface area contributed by atoms with Gasteiger partial charge < -0.3 is 15.0 Å². The summed E-state index contributed by atoms with van der Waals surface area (Å²) in [6, 6.07) is 5.18. The molecule has 0 aliphatic heterocycles. The van der Waals surface area contributed by atoms with Crippen LogP contribution in [-0.2, 0) is 9.59 Å². The summed E-state index contributed by atoms with van der Waals surface area (Å²) in [5, 5.41) is 11.8. The van der Waals surface area contributed by atoms with Crippen LogP contribution in [0, 0.1) is 0 Å². The molecule has 6 nitrogen and oxygen atoms in total. The summed E-state index contributed by atoms with van der Waals surface area (Å²) in [6.07, 6.45) is 5.33. The van der Waals surface area contributed by atoms with Crippen molar-refractivity contribution in [2.75, 3.05) is 5.32 Å². The maximum atomic E-state index is 11.9. The summed E-state index contributed by atoms with van der Waals surface area (Å²) >= 11 is 6.17. The van der Waals surface area contributed by atoms with E-state index in [4.69, 9.17) is 16.7 Å². The van der Waals surface area contributed by atoms with E-state index in [0.29, 0.717) is 22.8 Å². The molecule has 2 N–H and O–H groups in total. The van der Waals surface area contributed by atoms with Gasteiger partial charge in [-0.25, -0.2) is 4.98 Å². The fourth-order valence-electron chi connectivity index (χ4n) is 1.88. The highest BCUT2D eigenvalue weighted by Crippen LogP contribution is 2.28. The standard InChI is InChI=1S/C14H14ClN3O3/c15-10-3-1-4-11(14(10)18-8-7-16-9-18)17-12(19)5-2-6-13(20)21/h1,3-4,7-9H,2,5-6H2,(H,17,19)(H,20,21). The number of nitrogens with zero attached hydrogens (tertiary/aromatic N) is 2. The number of benzene rings is 1. The molecule has 0 saturated heterocycles. The van der Waals surface area contributed by atoms with E-state index in [1.807, 2.05) is 0 Å². The molecule has 2 rings (SSSR count). The molecule has 7 heteroatoms. The minimum absolute atomic E-state index is 0.0304. The smallest absolute Gasteiger partial charge is 0.303 e. The van der Waals surface area contributed by atoms with Gasteiger partial charge in [0.05, 0.1) is 22.7 Å². The van der Waals surface area contributed by atoms with E-state index in [-0.39, 0.29) is 18.7 Å². The molecule has 1 heterocycles. The zero-order valence-corrected chi connectivity index (χ0v) is 11.9. The maximum Gasteiger partial charge on any atom is 0.303 e. The largest absolute Gasteiger partial charge is 0.481 e. The Kier molecular flexibility index (Phi) is 4.94.